The molecule has 1 spiro atoms. The molecular formula is C25H37NO4. The molecule has 5 fully saturated rings. The first-order valence-corrected chi connectivity index (χ1v) is 11.8. The molecule has 2 bridgehead atoms. The Morgan fingerprint density at radius 1 is 1.03 bits per heavy atom. The highest BCUT2D eigenvalue weighted by Crippen LogP contribution is 2.60. The third-order valence-corrected chi connectivity index (χ3v) is 8.30. The molecule has 5 aliphatic rings. The Morgan fingerprint density at radius 3 is 2.60 bits per heavy atom. The number of aryl methyl sites for hydroxylation is 1. The normalized spacial score (nSPS) is 42.5. The molecule has 166 valence electrons. The fourth-order valence-electron chi connectivity index (χ4n) is 6.54. The molecule has 0 unspecified atom stereocenters. The van der Waals surface area contributed by atoms with Crippen LogP contribution in [0.1, 0.15) is 57.9 Å². The van der Waals surface area contributed by atoms with Crippen LogP contribution >= 0.6 is 0 Å². The second-order valence-corrected chi connectivity index (χ2v) is 10.5. The molecule has 30 heavy (non-hydrogen) atoms. The van der Waals surface area contributed by atoms with E-state index in [0.29, 0.717) is 23.7 Å². The minimum absolute atomic E-state index is 0.286. The van der Waals surface area contributed by atoms with Crippen molar-refractivity contribution >= 4 is 5.69 Å². The minimum atomic E-state index is -0.664. The first-order chi connectivity index (χ1) is 14.4. The third kappa shape index (κ3) is 3.38. The zero-order valence-electron chi connectivity index (χ0n) is 18.9. The standard InChI is InChI=1S/C25H37NO4/c1-17-8-13-22-19(7-5-6-18-9-11-20(12-10-18)26(3)4)16-27-23-25(22)21(17)14-15-24(2,28-23)29-30-25/h9-12,17,19,21-23H,5-8,13-16H2,1-4H3/t17-,19+,21+,22+,23-,24-,25-/m1/s1. The molecule has 7 atom stereocenters. The maximum absolute atomic E-state index is 6.36. The van der Waals surface area contributed by atoms with E-state index in [1.807, 2.05) is 6.92 Å². The predicted molar refractivity (Wildman–Crippen MR) is 116 cm³/mol. The van der Waals surface area contributed by atoms with Crippen LogP contribution < -0.4 is 4.90 Å². The van der Waals surface area contributed by atoms with Gasteiger partial charge < -0.3 is 14.4 Å². The van der Waals surface area contributed by atoms with Gasteiger partial charge in [-0.15, -0.1) is 0 Å². The topological polar surface area (TPSA) is 40.2 Å². The van der Waals surface area contributed by atoms with Crippen molar-refractivity contribution < 1.29 is 19.2 Å². The van der Waals surface area contributed by atoms with Gasteiger partial charge in [0.15, 0.2) is 11.9 Å². The lowest BCUT2D eigenvalue weighted by molar-refractivity contribution is -0.567. The zero-order valence-corrected chi connectivity index (χ0v) is 18.9. The number of nitrogens with zero attached hydrogens (tertiary/aromatic N) is 1. The van der Waals surface area contributed by atoms with Crippen molar-refractivity contribution in [1.82, 2.24) is 0 Å². The van der Waals surface area contributed by atoms with Crippen LogP contribution in [0, 0.1) is 23.7 Å². The highest BCUT2D eigenvalue weighted by atomic mass is 17.3. The van der Waals surface area contributed by atoms with Crippen LogP contribution in [0.4, 0.5) is 5.69 Å². The van der Waals surface area contributed by atoms with Gasteiger partial charge in [-0.1, -0.05) is 19.1 Å². The first kappa shape index (κ1) is 20.7. The minimum Gasteiger partial charge on any atom is -0.378 e. The van der Waals surface area contributed by atoms with Crippen molar-refractivity contribution in [2.24, 2.45) is 23.7 Å². The molecule has 4 saturated heterocycles. The van der Waals surface area contributed by atoms with Gasteiger partial charge in [0.1, 0.15) is 0 Å². The van der Waals surface area contributed by atoms with Crippen LogP contribution in [0.15, 0.2) is 24.3 Å². The van der Waals surface area contributed by atoms with Crippen LogP contribution in [-0.2, 0) is 25.7 Å². The fourth-order valence-corrected chi connectivity index (χ4v) is 6.54. The summed E-state index contributed by atoms with van der Waals surface area (Å²) in [5.74, 6) is 1.37. The molecule has 4 aliphatic heterocycles. The Kier molecular flexibility index (Phi) is 5.37. The lowest BCUT2D eigenvalue weighted by Crippen LogP contribution is -2.69. The third-order valence-electron chi connectivity index (χ3n) is 8.30. The molecule has 1 aromatic carbocycles. The molecular weight excluding hydrogens is 378 g/mol. The van der Waals surface area contributed by atoms with Gasteiger partial charge in [0.25, 0.3) is 0 Å². The molecule has 1 aromatic rings. The molecule has 0 N–H and O–H groups in total. The van der Waals surface area contributed by atoms with Crippen LogP contribution in [-0.4, -0.2) is 38.4 Å². The van der Waals surface area contributed by atoms with E-state index in [1.54, 1.807) is 0 Å². The van der Waals surface area contributed by atoms with Crippen LogP contribution in [0.2, 0.25) is 0 Å². The number of anilines is 1. The number of fused-ring (bicyclic) bond motifs is 2. The maximum Gasteiger partial charge on any atom is 0.201 e. The predicted octanol–water partition coefficient (Wildman–Crippen LogP) is 4.94. The monoisotopic (exact) mass is 415 g/mol. The van der Waals surface area contributed by atoms with Gasteiger partial charge in [-0.3, -0.25) is 0 Å². The van der Waals surface area contributed by atoms with E-state index in [1.165, 1.54) is 30.5 Å². The largest absolute Gasteiger partial charge is 0.378 e. The summed E-state index contributed by atoms with van der Waals surface area (Å²) in [5, 5.41) is 0. The summed E-state index contributed by atoms with van der Waals surface area (Å²) < 4.78 is 12.7. The summed E-state index contributed by atoms with van der Waals surface area (Å²) in [6.45, 7) is 5.14. The smallest absolute Gasteiger partial charge is 0.201 e. The quantitative estimate of drug-likeness (QED) is 0.637. The summed E-state index contributed by atoms with van der Waals surface area (Å²) in [5.41, 5.74) is 2.24. The van der Waals surface area contributed by atoms with Gasteiger partial charge in [-0.05, 0) is 80.9 Å². The van der Waals surface area contributed by atoms with E-state index >= 15 is 0 Å². The molecule has 4 heterocycles. The van der Waals surface area contributed by atoms with Crippen LogP contribution in [0.3, 0.4) is 0 Å². The molecule has 0 aromatic heterocycles. The number of hydrogen-bond donors (Lipinski definition) is 0. The molecule has 1 aliphatic carbocycles. The Morgan fingerprint density at radius 2 is 1.83 bits per heavy atom. The summed E-state index contributed by atoms with van der Waals surface area (Å²) in [6, 6.07) is 8.95. The molecule has 5 heteroatoms. The second-order valence-electron chi connectivity index (χ2n) is 10.5. The maximum atomic E-state index is 6.36. The van der Waals surface area contributed by atoms with E-state index in [9.17, 15) is 0 Å². The Hall–Kier alpha value is -1.14. The zero-order chi connectivity index (χ0) is 20.9. The summed E-state index contributed by atoms with van der Waals surface area (Å²) in [4.78, 5) is 14.3. The number of ether oxygens (including phenoxy) is 2. The van der Waals surface area contributed by atoms with Crippen molar-refractivity contribution in [3.63, 3.8) is 0 Å². The average molecular weight is 416 g/mol. The highest BCUT2D eigenvalue weighted by Gasteiger charge is 2.68. The summed E-state index contributed by atoms with van der Waals surface area (Å²) in [7, 11) is 4.17. The molecule has 1 saturated carbocycles. The van der Waals surface area contributed by atoms with Gasteiger partial charge in [0.05, 0.1) is 6.61 Å². The van der Waals surface area contributed by atoms with Gasteiger partial charge in [-0.25, -0.2) is 9.78 Å². The molecule has 5 nitrogen and oxygen atoms in total. The van der Waals surface area contributed by atoms with Gasteiger partial charge >= 0.3 is 0 Å². The van der Waals surface area contributed by atoms with E-state index in [-0.39, 0.29) is 6.29 Å². The lowest BCUT2D eigenvalue weighted by atomic mass is 9.57. The summed E-state index contributed by atoms with van der Waals surface area (Å²) in [6.07, 6.45) is 7.59. The number of rotatable bonds is 5. The van der Waals surface area contributed by atoms with Crippen molar-refractivity contribution in [2.45, 2.75) is 76.5 Å². The molecule has 0 amide bonds. The fraction of sp³-hybridized carbons (Fsp3) is 0.760. The molecule has 6 rings (SSSR count). The number of benzene rings is 1. The van der Waals surface area contributed by atoms with E-state index in [4.69, 9.17) is 19.2 Å². The first-order valence-electron chi connectivity index (χ1n) is 11.8. The van der Waals surface area contributed by atoms with Crippen LogP contribution in [0.25, 0.3) is 0 Å². The Labute approximate surface area is 180 Å². The average Bonchev–Trinajstić information content (AvgIpc) is 2.97. The van der Waals surface area contributed by atoms with Crippen molar-refractivity contribution in [3.8, 4) is 0 Å². The number of hydrogen-bond acceptors (Lipinski definition) is 5. The van der Waals surface area contributed by atoms with Gasteiger partial charge in [0.2, 0.25) is 5.79 Å². The summed E-state index contributed by atoms with van der Waals surface area (Å²) >= 11 is 0. The Bertz CT molecular complexity index is 752. The highest BCUT2D eigenvalue weighted by molar-refractivity contribution is 5.45. The lowest BCUT2D eigenvalue weighted by Gasteiger charge is -2.59. The van der Waals surface area contributed by atoms with E-state index in [0.717, 1.165) is 32.3 Å². The van der Waals surface area contributed by atoms with E-state index < -0.39 is 11.4 Å². The van der Waals surface area contributed by atoms with Crippen LogP contribution in [0.5, 0.6) is 0 Å². The Balaban J connectivity index is 1.29. The van der Waals surface area contributed by atoms with Gasteiger partial charge in [-0.2, -0.15) is 0 Å². The SMILES string of the molecule is C[C@@H]1CC[C@H]2[C@@H](CCCc3ccc(N(C)C)cc3)CO[C@@H]3O[C@@]4(C)CC[C@@H]1[C@]32OO4. The van der Waals surface area contributed by atoms with Gasteiger partial charge in [0, 0.05) is 32.1 Å². The van der Waals surface area contributed by atoms with Crippen molar-refractivity contribution in [2.75, 3.05) is 25.6 Å². The van der Waals surface area contributed by atoms with E-state index in [2.05, 4.69) is 50.2 Å². The van der Waals surface area contributed by atoms with Crippen molar-refractivity contribution in [1.29, 1.82) is 0 Å². The van der Waals surface area contributed by atoms with Crippen molar-refractivity contribution in [3.05, 3.63) is 29.8 Å². The molecule has 0 radical (unpaired) electrons. The second kappa shape index (κ2) is 7.77.